The Kier molecular flexibility index (Phi) is 7.62. The van der Waals surface area contributed by atoms with Crippen molar-refractivity contribution in [3.63, 3.8) is 0 Å². The van der Waals surface area contributed by atoms with Crippen LogP contribution in [-0.2, 0) is 0 Å². The normalized spacial score (nSPS) is 9.38. The number of halogens is 5. The lowest BCUT2D eigenvalue weighted by Crippen LogP contribution is -1.77. The fourth-order valence-electron chi connectivity index (χ4n) is 0.766. The molecule has 0 fully saturated rings. The first-order valence-electron chi connectivity index (χ1n) is 3.07. The Morgan fingerprint density at radius 1 is 1.23 bits per heavy atom. The van der Waals surface area contributed by atoms with Crippen LogP contribution in [-0.4, -0.2) is 0 Å². The van der Waals surface area contributed by atoms with Crippen LogP contribution in [0, 0.1) is 13.8 Å². The van der Waals surface area contributed by atoms with Gasteiger partial charge in [-0.05, 0) is 35.3 Å². The SMILES string of the molecule is Cc1sc(C(F)F)c(Br)c1C.Cl.Cl. The van der Waals surface area contributed by atoms with Crippen molar-refractivity contribution in [2.24, 2.45) is 0 Å². The summed E-state index contributed by atoms with van der Waals surface area (Å²) in [5, 5.41) is 0. The first kappa shape index (κ1) is 16.1. The van der Waals surface area contributed by atoms with E-state index in [-0.39, 0.29) is 29.7 Å². The third-order valence-electron chi connectivity index (χ3n) is 1.53. The van der Waals surface area contributed by atoms with E-state index in [9.17, 15) is 8.78 Å². The van der Waals surface area contributed by atoms with E-state index in [1.807, 2.05) is 13.8 Å². The minimum absolute atomic E-state index is 0. The Labute approximate surface area is 101 Å². The van der Waals surface area contributed by atoms with E-state index in [1.54, 1.807) is 0 Å². The molecule has 0 aliphatic carbocycles. The predicted octanol–water partition coefficient (Wildman–Crippen LogP) is 4.91. The van der Waals surface area contributed by atoms with Crippen LogP contribution in [0.1, 0.15) is 21.7 Å². The third-order valence-corrected chi connectivity index (χ3v) is 4.03. The van der Waals surface area contributed by atoms with Gasteiger partial charge in [0.1, 0.15) is 0 Å². The standard InChI is InChI=1S/C7H7BrF2S.2ClH/c1-3-4(2)11-6(5(3)8)7(9)10;;/h7H,1-2H3;2*1H. The molecule has 1 rings (SSSR count). The molecule has 1 aromatic rings. The number of rotatable bonds is 1. The summed E-state index contributed by atoms with van der Waals surface area (Å²) in [6.07, 6.45) is -2.36. The van der Waals surface area contributed by atoms with Gasteiger partial charge in [-0.1, -0.05) is 0 Å². The summed E-state index contributed by atoms with van der Waals surface area (Å²) in [5.74, 6) is 0. The lowest BCUT2D eigenvalue weighted by Gasteiger charge is -1.93. The van der Waals surface area contributed by atoms with E-state index in [1.165, 1.54) is 0 Å². The van der Waals surface area contributed by atoms with Crippen molar-refractivity contribution in [3.8, 4) is 0 Å². The van der Waals surface area contributed by atoms with E-state index in [0.29, 0.717) is 4.47 Å². The Balaban J connectivity index is 0. The third kappa shape index (κ3) is 3.35. The van der Waals surface area contributed by atoms with Gasteiger partial charge < -0.3 is 0 Å². The molecule has 0 saturated carbocycles. The summed E-state index contributed by atoms with van der Waals surface area (Å²) in [6, 6.07) is 0. The van der Waals surface area contributed by atoms with Crippen molar-refractivity contribution in [3.05, 3.63) is 19.8 Å². The summed E-state index contributed by atoms with van der Waals surface area (Å²) in [6.45, 7) is 3.68. The Morgan fingerprint density at radius 3 is 1.85 bits per heavy atom. The lowest BCUT2D eigenvalue weighted by molar-refractivity contribution is 0.155. The molecule has 0 spiro atoms. The predicted molar refractivity (Wildman–Crippen MR) is 60.9 cm³/mol. The summed E-state index contributed by atoms with van der Waals surface area (Å²) in [7, 11) is 0. The Hall–Kier alpha value is 0.620. The number of hydrogen-bond donors (Lipinski definition) is 0. The van der Waals surface area contributed by atoms with E-state index in [0.717, 1.165) is 21.8 Å². The van der Waals surface area contributed by atoms with Crippen LogP contribution in [0.5, 0.6) is 0 Å². The van der Waals surface area contributed by atoms with E-state index in [2.05, 4.69) is 15.9 Å². The smallest absolute Gasteiger partial charge is 0.204 e. The van der Waals surface area contributed by atoms with Gasteiger partial charge in [-0.25, -0.2) is 8.78 Å². The highest BCUT2D eigenvalue weighted by Crippen LogP contribution is 2.38. The molecule has 0 aliphatic heterocycles. The van der Waals surface area contributed by atoms with Crippen LogP contribution in [0.25, 0.3) is 0 Å². The van der Waals surface area contributed by atoms with Crippen molar-refractivity contribution in [1.29, 1.82) is 0 Å². The summed E-state index contributed by atoms with van der Waals surface area (Å²) in [5.41, 5.74) is 0.922. The molecule has 6 heteroatoms. The number of hydrogen-bond acceptors (Lipinski definition) is 1. The Bertz CT molecular complexity index is 276. The topological polar surface area (TPSA) is 0 Å². The van der Waals surface area contributed by atoms with Gasteiger partial charge in [-0.2, -0.15) is 0 Å². The summed E-state index contributed by atoms with van der Waals surface area (Å²) < 4.78 is 25.0. The molecule has 78 valence electrons. The van der Waals surface area contributed by atoms with Gasteiger partial charge >= 0.3 is 0 Å². The van der Waals surface area contributed by atoms with Gasteiger partial charge in [0.15, 0.2) is 0 Å². The molecule has 0 saturated heterocycles. The van der Waals surface area contributed by atoms with Crippen LogP contribution in [0.3, 0.4) is 0 Å². The summed E-state index contributed by atoms with van der Waals surface area (Å²) >= 11 is 4.28. The number of aryl methyl sites for hydroxylation is 1. The first-order chi connectivity index (χ1) is 5.04. The molecule has 1 aromatic heterocycles. The van der Waals surface area contributed by atoms with Gasteiger partial charge in [0.25, 0.3) is 6.43 Å². The van der Waals surface area contributed by atoms with Gasteiger partial charge in [-0.3, -0.25) is 0 Å². The van der Waals surface area contributed by atoms with E-state index in [4.69, 9.17) is 0 Å². The zero-order valence-corrected chi connectivity index (χ0v) is 11.0. The molecule has 0 amide bonds. The quantitative estimate of drug-likeness (QED) is 0.691. The van der Waals surface area contributed by atoms with Gasteiger partial charge in [0.2, 0.25) is 0 Å². The van der Waals surface area contributed by atoms with Crippen LogP contribution >= 0.6 is 52.1 Å². The second-order valence-electron chi connectivity index (χ2n) is 2.26. The van der Waals surface area contributed by atoms with Crippen molar-refractivity contribution in [1.82, 2.24) is 0 Å². The highest BCUT2D eigenvalue weighted by Gasteiger charge is 2.17. The molecule has 0 aromatic carbocycles. The number of alkyl halides is 2. The first-order valence-corrected chi connectivity index (χ1v) is 4.68. The minimum Gasteiger partial charge on any atom is -0.204 e. The molecular formula is C7H9BrCl2F2S. The monoisotopic (exact) mass is 312 g/mol. The lowest BCUT2D eigenvalue weighted by atomic mass is 10.3. The maximum absolute atomic E-state index is 12.2. The fraction of sp³-hybridized carbons (Fsp3) is 0.429. The Morgan fingerprint density at radius 2 is 1.69 bits per heavy atom. The highest BCUT2D eigenvalue weighted by atomic mass is 79.9. The molecule has 0 radical (unpaired) electrons. The molecule has 0 nitrogen and oxygen atoms in total. The average molecular weight is 314 g/mol. The zero-order chi connectivity index (χ0) is 8.59. The molecule has 0 atom stereocenters. The van der Waals surface area contributed by atoms with Gasteiger partial charge in [-0.15, -0.1) is 36.2 Å². The summed E-state index contributed by atoms with van der Waals surface area (Å²) in [4.78, 5) is 1.09. The molecule has 0 N–H and O–H groups in total. The van der Waals surface area contributed by atoms with Crippen LogP contribution in [0.4, 0.5) is 8.78 Å². The molecular weight excluding hydrogens is 305 g/mol. The molecule has 0 bridgehead atoms. The average Bonchev–Trinajstić information content (AvgIpc) is 2.17. The maximum atomic E-state index is 12.2. The van der Waals surface area contributed by atoms with Crippen molar-refractivity contribution >= 4 is 52.1 Å². The maximum Gasteiger partial charge on any atom is 0.273 e. The highest BCUT2D eigenvalue weighted by molar-refractivity contribution is 9.10. The zero-order valence-electron chi connectivity index (χ0n) is 6.94. The second kappa shape index (κ2) is 6.17. The van der Waals surface area contributed by atoms with Gasteiger partial charge in [0, 0.05) is 9.35 Å². The van der Waals surface area contributed by atoms with E-state index >= 15 is 0 Å². The fourth-order valence-corrected chi connectivity index (χ4v) is 2.53. The van der Waals surface area contributed by atoms with Crippen molar-refractivity contribution < 1.29 is 8.78 Å². The van der Waals surface area contributed by atoms with Crippen molar-refractivity contribution in [2.45, 2.75) is 20.3 Å². The minimum atomic E-state index is -2.36. The van der Waals surface area contributed by atoms with Crippen molar-refractivity contribution in [2.75, 3.05) is 0 Å². The largest absolute Gasteiger partial charge is 0.273 e. The van der Waals surface area contributed by atoms with Gasteiger partial charge in [0.05, 0.1) is 4.88 Å². The van der Waals surface area contributed by atoms with Crippen LogP contribution in [0.2, 0.25) is 0 Å². The second-order valence-corrected chi connectivity index (χ2v) is 4.31. The van der Waals surface area contributed by atoms with E-state index < -0.39 is 6.43 Å². The number of thiophene rings is 1. The molecule has 1 heterocycles. The van der Waals surface area contributed by atoms with Crippen LogP contribution in [0.15, 0.2) is 4.47 Å². The molecule has 13 heavy (non-hydrogen) atoms. The molecule has 0 aliphatic rings. The molecule has 0 unspecified atom stereocenters. The van der Waals surface area contributed by atoms with Crippen LogP contribution < -0.4 is 0 Å².